The summed E-state index contributed by atoms with van der Waals surface area (Å²) in [5, 5.41) is 13.7. The summed E-state index contributed by atoms with van der Waals surface area (Å²) in [5.74, 6) is 0.329. The van der Waals surface area contributed by atoms with E-state index >= 15 is 0 Å². The Hall–Kier alpha value is -1.95. The van der Waals surface area contributed by atoms with E-state index in [0.29, 0.717) is 5.75 Å². The molecule has 0 aliphatic carbocycles. The number of morpholine rings is 1. The lowest BCUT2D eigenvalue weighted by molar-refractivity contribution is 0.0242. The quantitative estimate of drug-likeness (QED) is 0.801. The van der Waals surface area contributed by atoms with Crippen molar-refractivity contribution in [3.8, 4) is 5.75 Å². The Labute approximate surface area is 139 Å². The van der Waals surface area contributed by atoms with Crippen molar-refractivity contribution < 1.29 is 9.84 Å². The summed E-state index contributed by atoms with van der Waals surface area (Å²) in [4.78, 5) is 8.05. The average Bonchev–Trinajstić information content (AvgIpc) is 3.11. The molecule has 1 aromatic carbocycles. The molecule has 1 unspecified atom stereocenters. The molecule has 1 N–H and O–H groups in total. The molecule has 2 aromatic heterocycles. The van der Waals surface area contributed by atoms with Gasteiger partial charge in [-0.2, -0.15) is 0 Å². The van der Waals surface area contributed by atoms with Gasteiger partial charge in [0.2, 0.25) is 0 Å². The largest absolute Gasteiger partial charge is 0.508 e. The maximum Gasteiger partial charge on any atom is 0.121 e. The number of aromatic hydroxyl groups is 1. The van der Waals surface area contributed by atoms with Crippen LogP contribution >= 0.6 is 11.3 Å². The van der Waals surface area contributed by atoms with E-state index in [0.717, 1.165) is 42.8 Å². The first-order valence-corrected chi connectivity index (χ1v) is 8.64. The molecule has 0 bridgehead atoms. The molecule has 1 atom stereocenters. The van der Waals surface area contributed by atoms with Gasteiger partial charge in [0.05, 0.1) is 24.8 Å². The van der Waals surface area contributed by atoms with Crippen LogP contribution in [0.2, 0.25) is 0 Å². The monoisotopic (exact) mass is 326 g/mol. The second-order valence-electron chi connectivity index (χ2n) is 5.67. The van der Waals surface area contributed by atoms with Gasteiger partial charge in [0.15, 0.2) is 0 Å². The summed E-state index contributed by atoms with van der Waals surface area (Å²) >= 11 is 1.72. The van der Waals surface area contributed by atoms with Crippen LogP contribution in [0.3, 0.4) is 0 Å². The molecule has 118 valence electrons. The van der Waals surface area contributed by atoms with Gasteiger partial charge in [-0.05, 0) is 29.6 Å². The first-order chi connectivity index (χ1) is 11.3. The number of phenolic OH excluding ortho intramolecular Hbond substituents is 1. The van der Waals surface area contributed by atoms with Crippen molar-refractivity contribution in [3.63, 3.8) is 0 Å². The minimum absolute atomic E-state index is 0.0466. The zero-order valence-corrected chi connectivity index (χ0v) is 13.5. The zero-order chi connectivity index (χ0) is 15.6. The van der Waals surface area contributed by atoms with Crippen LogP contribution in [0.15, 0.2) is 48.0 Å². The fourth-order valence-corrected chi connectivity index (χ4v) is 4.03. The van der Waals surface area contributed by atoms with Crippen LogP contribution in [0, 0.1) is 0 Å². The van der Waals surface area contributed by atoms with Crippen LogP contribution in [-0.4, -0.2) is 41.3 Å². The van der Waals surface area contributed by atoms with Crippen molar-refractivity contribution in [1.82, 2.24) is 9.88 Å². The van der Waals surface area contributed by atoms with Gasteiger partial charge in [-0.15, -0.1) is 11.3 Å². The number of fused-ring (bicyclic) bond motifs is 1. The Morgan fingerprint density at radius 3 is 2.83 bits per heavy atom. The molecule has 3 heterocycles. The molecule has 23 heavy (non-hydrogen) atoms. The lowest BCUT2D eigenvalue weighted by atomic mass is 10.00. The zero-order valence-electron chi connectivity index (χ0n) is 12.7. The van der Waals surface area contributed by atoms with Gasteiger partial charge < -0.3 is 9.84 Å². The highest BCUT2D eigenvalue weighted by atomic mass is 32.1. The molecule has 5 heteroatoms. The maximum absolute atomic E-state index is 10.6. The highest BCUT2D eigenvalue weighted by molar-refractivity contribution is 7.10. The number of thiophene rings is 1. The van der Waals surface area contributed by atoms with Gasteiger partial charge in [0, 0.05) is 35.1 Å². The van der Waals surface area contributed by atoms with E-state index in [1.54, 1.807) is 17.5 Å². The number of hydrogen-bond donors (Lipinski definition) is 1. The van der Waals surface area contributed by atoms with E-state index < -0.39 is 0 Å². The minimum atomic E-state index is 0.0466. The Bertz CT molecular complexity index is 798. The van der Waals surface area contributed by atoms with Crippen LogP contribution in [0.1, 0.15) is 16.5 Å². The molecule has 1 aliphatic rings. The summed E-state index contributed by atoms with van der Waals surface area (Å²) < 4.78 is 5.49. The molecule has 4 nitrogen and oxygen atoms in total. The smallest absolute Gasteiger partial charge is 0.121 e. The Morgan fingerprint density at radius 1 is 1.17 bits per heavy atom. The van der Waals surface area contributed by atoms with Crippen LogP contribution in [-0.2, 0) is 4.74 Å². The number of hydrogen-bond acceptors (Lipinski definition) is 5. The molecule has 0 saturated carbocycles. The number of pyridine rings is 1. The fraction of sp³-hybridized carbons (Fsp3) is 0.278. The molecule has 1 aliphatic heterocycles. The maximum atomic E-state index is 10.6. The summed E-state index contributed by atoms with van der Waals surface area (Å²) in [6.45, 7) is 3.19. The second kappa shape index (κ2) is 6.28. The molecule has 1 fully saturated rings. The van der Waals surface area contributed by atoms with Gasteiger partial charge in [-0.1, -0.05) is 12.1 Å². The van der Waals surface area contributed by atoms with Crippen molar-refractivity contribution in [2.24, 2.45) is 0 Å². The van der Waals surface area contributed by atoms with Crippen molar-refractivity contribution in [2.45, 2.75) is 6.04 Å². The average molecular weight is 326 g/mol. The summed E-state index contributed by atoms with van der Waals surface area (Å²) in [5.41, 5.74) is 1.83. The Kier molecular flexibility index (Phi) is 3.99. The summed E-state index contributed by atoms with van der Waals surface area (Å²) in [7, 11) is 0. The van der Waals surface area contributed by atoms with Crippen molar-refractivity contribution in [2.75, 3.05) is 26.3 Å². The molecular weight excluding hydrogens is 308 g/mol. The van der Waals surface area contributed by atoms with Crippen LogP contribution in [0.4, 0.5) is 0 Å². The third kappa shape index (κ3) is 2.83. The molecule has 3 aromatic rings. The van der Waals surface area contributed by atoms with E-state index in [1.807, 2.05) is 24.3 Å². The highest BCUT2D eigenvalue weighted by Crippen LogP contribution is 2.38. The molecule has 0 spiro atoms. The van der Waals surface area contributed by atoms with E-state index in [-0.39, 0.29) is 6.04 Å². The predicted octanol–water partition coefficient (Wildman–Crippen LogP) is 3.42. The number of ether oxygens (including phenoxy) is 1. The lowest BCUT2D eigenvalue weighted by Gasteiger charge is -2.34. The van der Waals surface area contributed by atoms with E-state index in [9.17, 15) is 5.11 Å². The van der Waals surface area contributed by atoms with Crippen LogP contribution in [0.25, 0.3) is 10.9 Å². The molecular formula is C18H18N2O2S. The van der Waals surface area contributed by atoms with Crippen LogP contribution < -0.4 is 0 Å². The van der Waals surface area contributed by atoms with E-state index in [1.165, 1.54) is 4.88 Å². The standard InChI is InChI=1S/C18H18N2O2S/c21-16-11-13-3-1-5-19-15(13)12-14(16)18(17-4-2-10-23-17)20-6-8-22-9-7-20/h1-5,10-12,18,21H,6-9H2. The van der Waals surface area contributed by atoms with Crippen molar-refractivity contribution >= 4 is 22.2 Å². The van der Waals surface area contributed by atoms with Gasteiger partial charge in [-0.25, -0.2) is 0 Å². The van der Waals surface area contributed by atoms with Crippen molar-refractivity contribution in [1.29, 1.82) is 0 Å². The summed E-state index contributed by atoms with van der Waals surface area (Å²) in [6.07, 6.45) is 1.79. The Balaban J connectivity index is 1.83. The van der Waals surface area contributed by atoms with E-state index in [2.05, 4.69) is 27.4 Å². The van der Waals surface area contributed by atoms with Gasteiger partial charge in [0.1, 0.15) is 5.75 Å². The van der Waals surface area contributed by atoms with Gasteiger partial charge in [-0.3, -0.25) is 9.88 Å². The van der Waals surface area contributed by atoms with E-state index in [4.69, 9.17) is 4.74 Å². The lowest BCUT2D eigenvalue weighted by Crippen LogP contribution is -2.39. The molecule has 0 amide bonds. The number of nitrogens with zero attached hydrogens (tertiary/aromatic N) is 2. The normalized spacial score (nSPS) is 17.4. The number of aromatic nitrogens is 1. The van der Waals surface area contributed by atoms with Crippen molar-refractivity contribution in [3.05, 3.63) is 58.4 Å². The second-order valence-corrected chi connectivity index (χ2v) is 6.65. The number of rotatable bonds is 3. The van der Waals surface area contributed by atoms with Gasteiger partial charge >= 0.3 is 0 Å². The highest BCUT2D eigenvalue weighted by Gasteiger charge is 2.27. The predicted molar refractivity (Wildman–Crippen MR) is 92.0 cm³/mol. The Morgan fingerprint density at radius 2 is 2.04 bits per heavy atom. The third-order valence-electron chi connectivity index (χ3n) is 4.27. The topological polar surface area (TPSA) is 45.6 Å². The third-order valence-corrected chi connectivity index (χ3v) is 5.19. The summed E-state index contributed by atoms with van der Waals surface area (Å²) in [6, 6.07) is 11.9. The molecule has 0 radical (unpaired) electrons. The SMILES string of the molecule is Oc1cc2cccnc2cc1C(c1cccs1)N1CCOCC1. The number of benzene rings is 1. The first kappa shape index (κ1) is 14.6. The van der Waals surface area contributed by atoms with Crippen LogP contribution in [0.5, 0.6) is 5.75 Å². The number of phenols is 1. The molecule has 4 rings (SSSR count). The first-order valence-electron chi connectivity index (χ1n) is 7.76. The molecule has 1 saturated heterocycles. The fourth-order valence-electron chi connectivity index (χ4n) is 3.16. The minimum Gasteiger partial charge on any atom is -0.508 e. The van der Waals surface area contributed by atoms with Gasteiger partial charge in [0.25, 0.3) is 0 Å².